The summed E-state index contributed by atoms with van der Waals surface area (Å²) >= 11 is 0. The Morgan fingerprint density at radius 1 is 0.542 bits per heavy atom. The van der Waals surface area contributed by atoms with Gasteiger partial charge in [-0.25, -0.2) is 4.98 Å². The molecule has 0 aliphatic heterocycles. The predicted molar refractivity (Wildman–Crippen MR) is 185 cm³/mol. The second-order valence-electron chi connectivity index (χ2n) is 11.4. The summed E-state index contributed by atoms with van der Waals surface area (Å²) in [4.78, 5) is 18.7. The van der Waals surface area contributed by atoms with Crippen LogP contribution in [-0.2, 0) is 21.1 Å². The maximum atomic E-state index is 6.44. The van der Waals surface area contributed by atoms with E-state index in [9.17, 15) is 0 Å². The zero-order chi connectivity index (χ0) is 30.9. The van der Waals surface area contributed by atoms with Gasteiger partial charge in [-0.05, 0) is 28.1 Å². The molecular formula is C40H22N6OPt. The van der Waals surface area contributed by atoms with Crippen LogP contribution in [0.4, 0.5) is 0 Å². The topological polar surface area (TPSA) is 69.6 Å². The standard InChI is InChI=1S/C40H22N6O.Pt/c1-3-7-25(8-4-1)27-11-14-31-30-15-12-28(22-33(30)39-44-24-36(46(39)35(31)21-27)26-9-5-2-6-10-26)47-29-13-16-32-34(23-29)38-43-19-20-45(38)40-37(32)41-17-18-42-40;/h1-21,24H;/q-2;+2. The van der Waals surface area contributed by atoms with Crippen molar-refractivity contribution in [3.8, 4) is 33.9 Å². The third-order valence-electron chi connectivity index (χ3n) is 8.78. The number of pyridine rings is 2. The molecular weight excluding hydrogens is 776 g/mol. The van der Waals surface area contributed by atoms with Gasteiger partial charge in [0.1, 0.15) is 5.65 Å². The molecule has 0 saturated heterocycles. The van der Waals surface area contributed by atoms with Crippen LogP contribution in [0.1, 0.15) is 0 Å². The number of aromatic nitrogens is 6. The minimum Gasteiger partial charge on any atom is -0.497 e. The zero-order valence-corrected chi connectivity index (χ0v) is 27.4. The van der Waals surface area contributed by atoms with E-state index >= 15 is 0 Å². The first-order valence-electron chi connectivity index (χ1n) is 15.3. The van der Waals surface area contributed by atoms with Crippen LogP contribution in [0, 0.1) is 12.1 Å². The summed E-state index contributed by atoms with van der Waals surface area (Å²) in [5.41, 5.74) is 8.58. The number of imidazole rings is 2. The molecule has 0 aliphatic carbocycles. The molecule has 10 rings (SSSR count). The molecule has 0 saturated carbocycles. The number of hydrogen-bond acceptors (Lipinski definition) is 5. The van der Waals surface area contributed by atoms with Gasteiger partial charge >= 0.3 is 21.1 Å². The first-order valence-corrected chi connectivity index (χ1v) is 15.3. The molecule has 0 amide bonds. The minimum absolute atomic E-state index is 0. The van der Waals surface area contributed by atoms with Crippen molar-refractivity contribution in [3.63, 3.8) is 0 Å². The van der Waals surface area contributed by atoms with Gasteiger partial charge in [0.2, 0.25) is 0 Å². The maximum absolute atomic E-state index is 6.44. The number of fused-ring (bicyclic) bond motifs is 12. The smallest absolute Gasteiger partial charge is 0.497 e. The van der Waals surface area contributed by atoms with Gasteiger partial charge in [0.05, 0.1) is 22.5 Å². The van der Waals surface area contributed by atoms with Gasteiger partial charge in [0, 0.05) is 48.0 Å². The average molecular weight is 798 g/mol. The zero-order valence-electron chi connectivity index (χ0n) is 25.1. The Balaban J connectivity index is 0.00000314. The van der Waals surface area contributed by atoms with Crippen LogP contribution in [0.2, 0.25) is 0 Å². The molecule has 0 radical (unpaired) electrons. The third kappa shape index (κ3) is 4.32. The van der Waals surface area contributed by atoms with E-state index in [0.29, 0.717) is 11.5 Å². The van der Waals surface area contributed by atoms with Crippen molar-refractivity contribution in [2.75, 3.05) is 0 Å². The monoisotopic (exact) mass is 797 g/mol. The molecule has 0 aliphatic rings. The van der Waals surface area contributed by atoms with Crippen molar-refractivity contribution in [1.82, 2.24) is 28.7 Å². The molecule has 5 heterocycles. The molecule has 48 heavy (non-hydrogen) atoms. The van der Waals surface area contributed by atoms with Crippen LogP contribution in [0.25, 0.3) is 77.3 Å². The van der Waals surface area contributed by atoms with E-state index in [1.165, 1.54) is 5.56 Å². The van der Waals surface area contributed by atoms with Crippen molar-refractivity contribution in [3.05, 3.63) is 146 Å². The molecule has 5 aromatic heterocycles. The first kappa shape index (κ1) is 28.3. The van der Waals surface area contributed by atoms with Gasteiger partial charge in [-0.2, -0.15) is 0 Å². The SMILES string of the molecule is [Pt+2].[c-]1c(Oc2[c-]c3c(cc2)c2ccc(-c4ccccc4)cc2n2c(-c4ccccc4)cnc32)ccc2c1c1nccn1c1nccnc21. The summed E-state index contributed by atoms with van der Waals surface area (Å²) in [7, 11) is 0. The van der Waals surface area contributed by atoms with Crippen LogP contribution >= 0.6 is 0 Å². The molecule has 10 aromatic rings. The van der Waals surface area contributed by atoms with Gasteiger partial charge in [0.15, 0.2) is 0 Å². The predicted octanol–water partition coefficient (Wildman–Crippen LogP) is 9.11. The van der Waals surface area contributed by atoms with E-state index in [-0.39, 0.29) is 21.1 Å². The third-order valence-corrected chi connectivity index (χ3v) is 8.78. The molecule has 0 bridgehead atoms. The normalized spacial score (nSPS) is 11.6. The van der Waals surface area contributed by atoms with Crippen LogP contribution in [0.5, 0.6) is 11.5 Å². The van der Waals surface area contributed by atoms with Crippen LogP contribution in [0.15, 0.2) is 134 Å². The summed E-state index contributed by atoms with van der Waals surface area (Å²) in [6.45, 7) is 0. The Bertz CT molecular complexity index is 2830. The second-order valence-corrected chi connectivity index (χ2v) is 11.4. The van der Waals surface area contributed by atoms with Crippen LogP contribution in [-0.4, -0.2) is 28.7 Å². The Kier molecular flexibility index (Phi) is 6.56. The molecule has 8 heteroatoms. The number of rotatable bonds is 4. The molecule has 5 aromatic carbocycles. The second kappa shape index (κ2) is 11.1. The molecule has 228 valence electrons. The minimum atomic E-state index is 0. The van der Waals surface area contributed by atoms with E-state index < -0.39 is 0 Å². The molecule has 0 N–H and O–H groups in total. The van der Waals surface area contributed by atoms with Crippen molar-refractivity contribution < 1.29 is 25.8 Å². The first-order chi connectivity index (χ1) is 23.3. The number of benzene rings is 5. The Hall–Kier alpha value is -5.91. The fourth-order valence-corrected chi connectivity index (χ4v) is 6.66. The van der Waals surface area contributed by atoms with Gasteiger partial charge in [-0.1, -0.05) is 119 Å². The number of hydrogen-bond donors (Lipinski definition) is 0. The van der Waals surface area contributed by atoms with Crippen LogP contribution in [0.3, 0.4) is 0 Å². The van der Waals surface area contributed by atoms with E-state index in [0.717, 1.165) is 71.7 Å². The molecule has 7 nitrogen and oxygen atoms in total. The number of nitrogens with zero attached hydrogens (tertiary/aromatic N) is 6. The largest absolute Gasteiger partial charge is 2.00 e. The fourth-order valence-electron chi connectivity index (χ4n) is 6.66. The summed E-state index contributed by atoms with van der Waals surface area (Å²) < 4.78 is 10.6. The Labute approximate surface area is 288 Å². The van der Waals surface area contributed by atoms with E-state index in [1.54, 1.807) is 18.6 Å². The van der Waals surface area contributed by atoms with Crippen molar-refractivity contribution in [2.45, 2.75) is 0 Å². The van der Waals surface area contributed by atoms with Gasteiger partial charge in [0.25, 0.3) is 0 Å². The van der Waals surface area contributed by atoms with E-state index in [4.69, 9.17) is 9.72 Å². The van der Waals surface area contributed by atoms with Crippen LogP contribution < -0.4 is 4.74 Å². The Morgan fingerprint density at radius 2 is 1.21 bits per heavy atom. The quantitative estimate of drug-likeness (QED) is 0.131. The Morgan fingerprint density at radius 3 is 2.00 bits per heavy atom. The van der Waals surface area contributed by atoms with Gasteiger partial charge in [-0.15, -0.1) is 12.1 Å². The van der Waals surface area contributed by atoms with Crippen molar-refractivity contribution >= 4 is 54.9 Å². The van der Waals surface area contributed by atoms with Crippen molar-refractivity contribution in [1.29, 1.82) is 0 Å². The van der Waals surface area contributed by atoms with E-state index in [2.05, 4.69) is 104 Å². The average Bonchev–Trinajstić information content (AvgIpc) is 3.82. The molecule has 0 atom stereocenters. The van der Waals surface area contributed by atoms with Gasteiger partial charge < -0.3 is 13.5 Å². The molecule has 0 fully saturated rings. The summed E-state index contributed by atoms with van der Waals surface area (Å²) in [6, 6.07) is 42.4. The summed E-state index contributed by atoms with van der Waals surface area (Å²) in [6.07, 6.45) is 8.98. The number of ether oxygens (including phenoxy) is 1. The van der Waals surface area contributed by atoms with Gasteiger partial charge in [-0.3, -0.25) is 15.0 Å². The molecule has 0 unspecified atom stereocenters. The summed E-state index contributed by atoms with van der Waals surface area (Å²) in [5, 5.41) is 4.76. The van der Waals surface area contributed by atoms with E-state index in [1.807, 2.05) is 47.1 Å². The maximum Gasteiger partial charge on any atom is 2.00 e. The van der Waals surface area contributed by atoms with Crippen molar-refractivity contribution in [2.24, 2.45) is 0 Å². The summed E-state index contributed by atoms with van der Waals surface area (Å²) in [5.74, 6) is 1.12. The molecule has 0 spiro atoms. The fraction of sp³-hybridized carbons (Fsp3) is 0.